The van der Waals surface area contributed by atoms with Gasteiger partial charge in [-0.25, -0.2) is 4.98 Å². The number of nitrogens with one attached hydrogen (secondary N) is 2. The molecular formula is C18H14N4O3S. The predicted octanol–water partition coefficient (Wildman–Crippen LogP) is 3.14. The van der Waals surface area contributed by atoms with Crippen molar-refractivity contribution in [3.63, 3.8) is 0 Å². The lowest BCUT2D eigenvalue weighted by Gasteiger charge is -2.05. The number of anilines is 2. The van der Waals surface area contributed by atoms with E-state index in [2.05, 4.69) is 15.6 Å². The molecule has 1 aromatic heterocycles. The van der Waals surface area contributed by atoms with Crippen molar-refractivity contribution in [2.75, 3.05) is 17.2 Å². The van der Waals surface area contributed by atoms with Crippen molar-refractivity contribution in [3.05, 3.63) is 48.0 Å². The first-order valence-electron chi connectivity index (χ1n) is 7.64. The van der Waals surface area contributed by atoms with Crippen LogP contribution in [0.3, 0.4) is 0 Å². The number of hydrogen-bond acceptors (Lipinski definition) is 6. The molecule has 0 aliphatic heterocycles. The second-order valence-electron chi connectivity index (χ2n) is 5.36. The average Bonchev–Trinajstić information content (AvgIpc) is 3.01. The number of aromatic nitrogens is 1. The molecule has 26 heavy (non-hydrogen) atoms. The van der Waals surface area contributed by atoms with Crippen LogP contribution < -0.4 is 15.4 Å². The molecule has 8 heteroatoms. The highest BCUT2D eigenvalue weighted by molar-refractivity contribution is 7.22. The highest BCUT2D eigenvalue weighted by Gasteiger charge is 2.09. The quantitative estimate of drug-likeness (QED) is 0.722. The molecule has 1 heterocycles. The van der Waals surface area contributed by atoms with Crippen LogP contribution in [0.15, 0.2) is 42.5 Å². The molecule has 2 N–H and O–H groups in total. The number of hydrogen-bond donors (Lipinski definition) is 2. The van der Waals surface area contributed by atoms with Crippen molar-refractivity contribution in [2.45, 2.75) is 6.92 Å². The van der Waals surface area contributed by atoms with Gasteiger partial charge in [0.2, 0.25) is 5.91 Å². The van der Waals surface area contributed by atoms with E-state index in [9.17, 15) is 9.59 Å². The molecule has 0 saturated carbocycles. The van der Waals surface area contributed by atoms with Crippen molar-refractivity contribution in [2.24, 2.45) is 0 Å². The van der Waals surface area contributed by atoms with Crippen molar-refractivity contribution in [1.29, 1.82) is 5.26 Å². The fraction of sp³-hybridized carbons (Fsp3) is 0.111. The van der Waals surface area contributed by atoms with Crippen molar-refractivity contribution >= 4 is 44.2 Å². The van der Waals surface area contributed by atoms with Gasteiger partial charge in [0.1, 0.15) is 5.75 Å². The van der Waals surface area contributed by atoms with Gasteiger partial charge < -0.3 is 10.1 Å². The van der Waals surface area contributed by atoms with Gasteiger partial charge in [0.05, 0.1) is 21.8 Å². The fourth-order valence-electron chi connectivity index (χ4n) is 2.19. The molecule has 3 rings (SSSR count). The standard InChI is InChI=1S/C18H14N4O3S/c1-11(23)20-13-4-7-15-16(8-13)26-18(21-15)22-17(24)10-25-14-5-2-12(9-19)3-6-14/h2-8H,10H2,1H3,(H,20,23)(H,21,22,24). The number of fused-ring (bicyclic) bond motifs is 1. The summed E-state index contributed by atoms with van der Waals surface area (Å²) in [4.78, 5) is 27.5. The number of carbonyl (C=O) groups excluding carboxylic acids is 2. The van der Waals surface area contributed by atoms with Crippen LogP contribution >= 0.6 is 11.3 Å². The third-order valence-electron chi connectivity index (χ3n) is 3.31. The highest BCUT2D eigenvalue weighted by Crippen LogP contribution is 2.28. The first-order valence-corrected chi connectivity index (χ1v) is 8.46. The van der Waals surface area contributed by atoms with E-state index in [1.807, 2.05) is 6.07 Å². The van der Waals surface area contributed by atoms with E-state index in [1.165, 1.54) is 18.3 Å². The van der Waals surface area contributed by atoms with Gasteiger partial charge in [0.25, 0.3) is 5.91 Å². The maximum atomic E-state index is 12.0. The fourth-order valence-corrected chi connectivity index (χ4v) is 3.11. The zero-order chi connectivity index (χ0) is 18.5. The monoisotopic (exact) mass is 366 g/mol. The Morgan fingerprint density at radius 2 is 1.96 bits per heavy atom. The second kappa shape index (κ2) is 7.63. The minimum Gasteiger partial charge on any atom is -0.484 e. The first-order chi connectivity index (χ1) is 12.5. The lowest BCUT2D eigenvalue weighted by atomic mass is 10.2. The van der Waals surface area contributed by atoms with Crippen LogP contribution in [0.1, 0.15) is 12.5 Å². The molecular weight excluding hydrogens is 352 g/mol. The third-order valence-corrected chi connectivity index (χ3v) is 4.24. The maximum Gasteiger partial charge on any atom is 0.264 e. The second-order valence-corrected chi connectivity index (χ2v) is 6.39. The molecule has 0 saturated heterocycles. The summed E-state index contributed by atoms with van der Waals surface area (Å²) in [5.74, 6) is 0.0150. The Morgan fingerprint density at radius 3 is 2.65 bits per heavy atom. The van der Waals surface area contributed by atoms with E-state index < -0.39 is 0 Å². The van der Waals surface area contributed by atoms with E-state index in [0.717, 1.165) is 10.2 Å². The van der Waals surface area contributed by atoms with Gasteiger partial charge in [-0.15, -0.1) is 0 Å². The summed E-state index contributed by atoms with van der Waals surface area (Å²) in [5.41, 5.74) is 1.93. The zero-order valence-electron chi connectivity index (χ0n) is 13.8. The van der Waals surface area contributed by atoms with Crippen molar-refractivity contribution in [1.82, 2.24) is 4.98 Å². The Morgan fingerprint density at radius 1 is 1.19 bits per heavy atom. The highest BCUT2D eigenvalue weighted by atomic mass is 32.1. The SMILES string of the molecule is CC(=O)Nc1ccc2nc(NC(=O)COc3ccc(C#N)cc3)sc2c1. The number of amides is 2. The van der Waals surface area contributed by atoms with E-state index in [1.54, 1.807) is 42.5 Å². The van der Waals surface area contributed by atoms with Crippen LogP contribution in [0.4, 0.5) is 10.8 Å². The Balaban J connectivity index is 1.61. The molecule has 0 fully saturated rings. The molecule has 2 aromatic carbocycles. The lowest BCUT2D eigenvalue weighted by molar-refractivity contribution is -0.118. The normalized spacial score (nSPS) is 10.2. The number of benzene rings is 2. The van der Waals surface area contributed by atoms with Gasteiger partial charge in [0.15, 0.2) is 11.7 Å². The number of rotatable bonds is 5. The Labute approximate surface area is 153 Å². The third kappa shape index (κ3) is 4.34. The number of thiazole rings is 1. The van der Waals surface area contributed by atoms with Crippen LogP contribution in [0.2, 0.25) is 0 Å². The van der Waals surface area contributed by atoms with Crippen molar-refractivity contribution < 1.29 is 14.3 Å². The Hall–Kier alpha value is -3.44. The number of nitriles is 1. The molecule has 7 nitrogen and oxygen atoms in total. The summed E-state index contributed by atoms with van der Waals surface area (Å²) in [5, 5.41) is 14.6. The van der Waals surface area contributed by atoms with Gasteiger partial charge >= 0.3 is 0 Å². The lowest BCUT2D eigenvalue weighted by Crippen LogP contribution is -2.19. The Bertz CT molecular complexity index is 1010. The summed E-state index contributed by atoms with van der Waals surface area (Å²) in [7, 11) is 0. The topological polar surface area (TPSA) is 104 Å². The molecule has 0 aliphatic rings. The molecule has 0 spiro atoms. The zero-order valence-corrected chi connectivity index (χ0v) is 14.6. The van der Waals surface area contributed by atoms with E-state index in [0.29, 0.717) is 22.1 Å². The van der Waals surface area contributed by atoms with Crippen LogP contribution in [0.25, 0.3) is 10.2 Å². The molecule has 0 atom stereocenters. The largest absolute Gasteiger partial charge is 0.484 e. The van der Waals surface area contributed by atoms with Crippen LogP contribution in [0, 0.1) is 11.3 Å². The maximum absolute atomic E-state index is 12.0. The molecule has 0 aliphatic carbocycles. The van der Waals surface area contributed by atoms with E-state index >= 15 is 0 Å². The molecule has 3 aromatic rings. The van der Waals surface area contributed by atoms with Crippen LogP contribution in [-0.2, 0) is 9.59 Å². The summed E-state index contributed by atoms with van der Waals surface area (Å²) in [6.45, 7) is 1.27. The number of carbonyl (C=O) groups is 2. The molecule has 0 radical (unpaired) electrons. The molecule has 0 bridgehead atoms. The van der Waals surface area contributed by atoms with Crippen LogP contribution in [0.5, 0.6) is 5.75 Å². The Kier molecular flexibility index (Phi) is 5.10. The van der Waals surface area contributed by atoms with Gasteiger partial charge in [-0.3, -0.25) is 14.9 Å². The number of ether oxygens (including phenoxy) is 1. The smallest absolute Gasteiger partial charge is 0.264 e. The molecule has 0 unspecified atom stereocenters. The number of nitrogens with zero attached hydrogens (tertiary/aromatic N) is 2. The summed E-state index contributed by atoms with van der Waals surface area (Å²) >= 11 is 1.31. The first kappa shape index (κ1) is 17.4. The van der Waals surface area contributed by atoms with E-state index in [-0.39, 0.29) is 18.4 Å². The van der Waals surface area contributed by atoms with Gasteiger partial charge in [0, 0.05) is 12.6 Å². The van der Waals surface area contributed by atoms with Crippen LogP contribution in [-0.4, -0.2) is 23.4 Å². The molecule has 2 amide bonds. The average molecular weight is 366 g/mol. The van der Waals surface area contributed by atoms with Gasteiger partial charge in [-0.2, -0.15) is 5.26 Å². The van der Waals surface area contributed by atoms with Gasteiger partial charge in [-0.1, -0.05) is 11.3 Å². The summed E-state index contributed by atoms with van der Waals surface area (Å²) in [6, 6.07) is 13.8. The summed E-state index contributed by atoms with van der Waals surface area (Å²) in [6.07, 6.45) is 0. The van der Waals surface area contributed by atoms with E-state index in [4.69, 9.17) is 10.00 Å². The van der Waals surface area contributed by atoms with Gasteiger partial charge in [-0.05, 0) is 42.5 Å². The predicted molar refractivity (Wildman–Crippen MR) is 99.2 cm³/mol. The van der Waals surface area contributed by atoms with Crippen molar-refractivity contribution in [3.8, 4) is 11.8 Å². The minimum atomic E-state index is -0.337. The summed E-state index contributed by atoms with van der Waals surface area (Å²) < 4.78 is 6.23. The molecule has 130 valence electrons. The minimum absolute atomic E-state index is 0.151.